The molecule has 3 saturated heterocycles. The van der Waals surface area contributed by atoms with Crippen molar-refractivity contribution in [2.45, 2.75) is 49.2 Å². The summed E-state index contributed by atoms with van der Waals surface area (Å²) in [6, 6.07) is 8.05. The molecule has 3 atom stereocenters. The van der Waals surface area contributed by atoms with Crippen LogP contribution in [0.1, 0.15) is 36.5 Å². The lowest BCUT2D eigenvalue weighted by molar-refractivity contribution is -0.138. The van der Waals surface area contributed by atoms with E-state index >= 15 is 0 Å². The number of carbonyl (C=O) groups is 3. The second kappa shape index (κ2) is 11.6. The molecule has 2 aromatic rings. The molecule has 0 aliphatic carbocycles. The summed E-state index contributed by atoms with van der Waals surface area (Å²) in [6.07, 6.45) is 4.15. The van der Waals surface area contributed by atoms with Crippen molar-refractivity contribution in [3.8, 4) is 0 Å². The number of piperazine rings is 1. The molecular weight excluding hydrogens is 532 g/mol. The zero-order valence-electron chi connectivity index (χ0n) is 22.9. The molecular formula is C28H36N6O5S. The first-order chi connectivity index (χ1) is 19.2. The SMILES string of the molecule is CCCC(NC(=O)c1ccc(N2CCN(C)CC2)cc1)C(=O)N1CCC2C1C(=O)CN2S(=O)(=O)c1cccnc1. The van der Waals surface area contributed by atoms with E-state index in [0.29, 0.717) is 24.8 Å². The van der Waals surface area contributed by atoms with Crippen LogP contribution in [0, 0.1) is 0 Å². The molecule has 3 aliphatic rings. The minimum Gasteiger partial charge on any atom is -0.369 e. The standard InChI is InChI=1S/C28H36N6O5S/c1-3-5-23(30-27(36)20-7-9-21(10-8-20)32-16-14-31(2)15-17-32)28(37)33-13-11-24-26(33)25(35)19-34(24)40(38,39)22-6-4-12-29-18-22/h4,6-10,12,18,23-24,26H,3,5,11,13-17,19H2,1-2H3,(H,30,36). The maximum absolute atomic E-state index is 13.7. The molecule has 1 aromatic heterocycles. The Morgan fingerprint density at radius 3 is 2.45 bits per heavy atom. The van der Waals surface area contributed by atoms with Gasteiger partial charge < -0.3 is 20.0 Å². The molecule has 1 aromatic carbocycles. The molecule has 3 unspecified atom stereocenters. The van der Waals surface area contributed by atoms with E-state index in [1.807, 2.05) is 19.1 Å². The van der Waals surface area contributed by atoms with Gasteiger partial charge in [-0.3, -0.25) is 19.4 Å². The third-order valence-electron chi connectivity index (χ3n) is 8.08. The van der Waals surface area contributed by atoms with Crippen LogP contribution < -0.4 is 10.2 Å². The van der Waals surface area contributed by atoms with Gasteiger partial charge in [0.15, 0.2) is 5.78 Å². The largest absolute Gasteiger partial charge is 0.369 e. The highest BCUT2D eigenvalue weighted by molar-refractivity contribution is 7.89. The fourth-order valence-corrected chi connectivity index (χ4v) is 7.44. The van der Waals surface area contributed by atoms with Crippen molar-refractivity contribution >= 4 is 33.3 Å². The quantitative estimate of drug-likeness (QED) is 0.500. The van der Waals surface area contributed by atoms with Crippen LogP contribution >= 0.6 is 0 Å². The Labute approximate surface area is 235 Å². The molecule has 0 radical (unpaired) electrons. The molecule has 40 heavy (non-hydrogen) atoms. The van der Waals surface area contributed by atoms with Gasteiger partial charge in [0.2, 0.25) is 15.9 Å². The molecule has 4 heterocycles. The summed E-state index contributed by atoms with van der Waals surface area (Å²) in [7, 11) is -1.84. The van der Waals surface area contributed by atoms with Gasteiger partial charge in [-0.25, -0.2) is 8.42 Å². The topological polar surface area (TPSA) is 123 Å². The Morgan fingerprint density at radius 2 is 1.80 bits per heavy atom. The molecule has 0 saturated carbocycles. The van der Waals surface area contributed by atoms with Crippen LogP contribution in [0.4, 0.5) is 5.69 Å². The number of aromatic nitrogens is 1. The summed E-state index contributed by atoms with van der Waals surface area (Å²) in [5.74, 6) is -1.03. The molecule has 1 N–H and O–H groups in total. The Kier molecular flexibility index (Phi) is 8.20. The molecule has 0 bridgehead atoms. The maximum atomic E-state index is 13.7. The van der Waals surface area contributed by atoms with E-state index in [1.54, 1.807) is 12.1 Å². The number of pyridine rings is 1. The average molecular weight is 569 g/mol. The van der Waals surface area contributed by atoms with E-state index in [4.69, 9.17) is 0 Å². The number of nitrogens with one attached hydrogen (secondary N) is 1. The first-order valence-corrected chi connectivity index (χ1v) is 15.2. The number of ketones is 1. The number of likely N-dealkylation sites (N-methyl/N-ethyl adjacent to an activating group) is 1. The Balaban J connectivity index is 1.27. The minimum absolute atomic E-state index is 0.0167. The third-order valence-corrected chi connectivity index (χ3v) is 9.93. The van der Waals surface area contributed by atoms with Crippen molar-refractivity contribution in [3.05, 3.63) is 54.4 Å². The number of Topliss-reactive ketones (excluding diaryl/α,β-unsaturated/α-hetero) is 1. The van der Waals surface area contributed by atoms with Gasteiger partial charge in [0.1, 0.15) is 17.0 Å². The van der Waals surface area contributed by atoms with Crippen LogP contribution in [-0.2, 0) is 19.6 Å². The summed E-state index contributed by atoms with van der Waals surface area (Å²) < 4.78 is 27.7. The van der Waals surface area contributed by atoms with Crippen LogP contribution in [0.2, 0.25) is 0 Å². The molecule has 0 spiro atoms. The summed E-state index contributed by atoms with van der Waals surface area (Å²) in [4.78, 5) is 49.8. The first kappa shape index (κ1) is 28.2. The number of benzene rings is 1. The Hall–Kier alpha value is -3.35. The van der Waals surface area contributed by atoms with E-state index in [-0.39, 0.29) is 35.6 Å². The zero-order valence-corrected chi connectivity index (χ0v) is 23.7. The second-order valence-corrected chi connectivity index (χ2v) is 12.6. The van der Waals surface area contributed by atoms with Crippen molar-refractivity contribution in [1.82, 2.24) is 24.4 Å². The van der Waals surface area contributed by atoms with Gasteiger partial charge >= 0.3 is 0 Å². The predicted octanol–water partition coefficient (Wildman–Crippen LogP) is 0.975. The van der Waals surface area contributed by atoms with Gasteiger partial charge in [-0.2, -0.15) is 4.31 Å². The molecule has 5 rings (SSSR count). The van der Waals surface area contributed by atoms with Crippen molar-refractivity contribution < 1.29 is 22.8 Å². The number of hydrogen-bond acceptors (Lipinski definition) is 8. The fourth-order valence-electron chi connectivity index (χ4n) is 5.85. The highest BCUT2D eigenvalue weighted by atomic mass is 32.2. The molecule has 3 aliphatic heterocycles. The second-order valence-electron chi connectivity index (χ2n) is 10.7. The van der Waals surface area contributed by atoms with E-state index in [0.717, 1.165) is 31.9 Å². The van der Waals surface area contributed by atoms with Crippen LogP contribution in [0.5, 0.6) is 0 Å². The van der Waals surface area contributed by atoms with Gasteiger partial charge in [0.25, 0.3) is 5.91 Å². The Bertz CT molecular complexity index is 1350. The predicted molar refractivity (Wildman–Crippen MR) is 149 cm³/mol. The third kappa shape index (κ3) is 5.48. The maximum Gasteiger partial charge on any atom is 0.251 e. The molecule has 11 nitrogen and oxygen atoms in total. The van der Waals surface area contributed by atoms with Gasteiger partial charge in [0.05, 0.1) is 12.6 Å². The van der Waals surface area contributed by atoms with Crippen LogP contribution in [0.3, 0.4) is 0 Å². The van der Waals surface area contributed by atoms with E-state index in [9.17, 15) is 22.8 Å². The highest BCUT2D eigenvalue weighted by Gasteiger charge is 2.54. The molecule has 3 fully saturated rings. The monoisotopic (exact) mass is 568 g/mol. The number of carbonyl (C=O) groups excluding carboxylic acids is 3. The van der Waals surface area contributed by atoms with Crippen LogP contribution in [0.25, 0.3) is 0 Å². The van der Waals surface area contributed by atoms with E-state index < -0.39 is 28.1 Å². The number of likely N-dealkylation sites (tertiary alicyclic amines) is 1. The van der Waals surface area contributed by atoms with Gasteiger partial charge in [-0.15, -0.1) is 0 Å². The number of amides is 2. The summed E-state index contributed by atoms with van der Waals surface area (Å²) in [5.41, 5.74) is 1.51. The lowest BCUT2D eigenvalue weighted by atomic mass is 10.1. The van der Waals surface area contributed by atoms with Crippen molar-refractivity contribution in [2.24, 2.45) is 0 Å². The van der Waals surface area contributed by atoms with Gasteiger partial charge in [-0.05, 0) is 56.3 Å². The summed E-state index contributed by atoms with van der Waals surface area (Å²) in [6.45, 7) is 5.69. The van der Waals surface area contributed by atoms with E-state index in [1.165, 1.54) is 33.7 Å². The number of rotatable bonds is 8. The molecule has 214 valence electrons. The zero-order chi connectivity index (χ0) is 28.4. The van der Waals surface area contributed by atoms with Crippen molar-refractivity contribution in [3.63, 3.8) is 0 Å². The lowest BCUT2D eigenvalue weighted by Crippen LogP contribution is -2.52. The fraction of sp³-hybridized carbons (Fsp3) is 0.500. The van der Waals surface area contributed by atoms with Crippen LogP contribution in [0.15, 0.2) is 53.7 Å². The number of fused-ring (bicyclic) bond motifs is 1. The van der Waals surface area contributed by atoms with Crippen molar-refractivity contribution in [2.75, 3.05) is 51.2 Å². The van der Waals surface area contributed by atoms with Crippen molar-refractivity contribution in [1.29, 1.82) is 0 Å². The Morgan fingerprint density at radius 1 is 1.07 bits per heavy atom. The normalized spacial score (nSPS) is 22.8. The summed E-state index contributed by atoms with van der Waals surface area (Å²) in [5, 5.41) is 2.88. The summed E-state index contributed by atoms with van der Waals surface area (Å²) >= 11 is 0. The molecule has 2 amide bonds. The lowest BCUT2D eigenvalue weighted by Gasteiger charge is -2.34. The average Bonchev–Trinajstić information content (AvgIpc) is 3.55. The number of sulfonamides is 1. The minimum atomic E-state index is -3.94. The number of anilines is 1. The van der Waals surface area contributed by atoms with Crippen LogP contribution in [-0.4, -0.2) is 110 Å². The number of hydrogen-bond donors (Lipinski definition) is 1. The molecule has 12 heteroatoms. The van der Waals surface area contributed by atoms with Gasteiger partial charge in [0, 0.05) is 56.4 Å². The van der Waals surface area contributed by atoms with Gasteiger partial charge in [-0.1, -0.05) is 13.3 Å². The van der Waals surface area contributed by atoms with E-state index in [2.05, 4.69) is 27.1 Å². The number of nitrogens with zero attached hydrogens (tertiary/aromatic N) is 5. The highest BCUT2D eigenvalue weighted by Crippen LogP contribution is 2.34. The first-order valence-electron chi connectivity index (χ1n) is 13.8. The smallest absolute Gasteiger partial charge is 0.251 e.